The fourth-order valence-corrected chi connectivity index (χ4v) is 2.91. The molecule has 1 N–H and O–H groups in total. The van der Waals surface area contributed by atoms with Gasteiger partial charge in [0.15, 0.2) is 0 Å². The SMILES string of the molecule is CC(=O)OCC1(c2cccc(C(F)(F)F)c2)CCN(C(=O)O)CC1. The van der Waals surface area contributed by atoms with Crippen LogP contribution in [-0.4, -0.2) is 41.8 Å². The summed E-state index contributed by atoms with van der Waals surface area (Å²) in [6, 6.07) is 4.92. The van der Waals surface area contributed by atoms with E-state index in [9.17, 15) is 22.8 Å². The van der Waals surface area contributed by atoms with Crippen LogP contribution in [0, 0.1) is 0 Å². The molecule has 1 fully saturated rings. The summed E-state index contributed by atoms with van der Waals surface area (Å²) in [5, 5.41) is 9.04. The maximum Gasteiger partial charge on any atom is 0.416 e. The minimum Gasteiger partial charge on any atom is -0.465 e. The van der Waals surface area contributed by atoms with Crippen molar-refractivity contribution in [3.8, 4) is 0 Å². The number of ether oxygens (including phenoxy) is 1. The van der Waals surface area contributed by atoms with Crippen LogP contribution < -0.4 is 0 Å². The predicted molar refractivity (Wildman–Crippen MR) is 78.6 cm³/mol. The van der Waals surface area contributed by atoms with Crippen LogP contribution in [0.4, 0.5) is 18.0 Å². The normalized spacial score (nSPS) is 17.4. The van der Waals surface area contributed by atoms with Gasteiger partial charge in [-0.15, -0.1) is 0 Å². The third kappa shape index (κ3) is 3.98. The first-order chi connectivity index (χ1) is 11.1. The second kappa shape index (κ2) is 6.70. The van der Waals surface area contributed by atoms with E-state index in [2.05, 4.69) is 0 Å². The highest BCUT2D eigenvalue weighted by molar-refractivity contribution is 5.66. The van der Waals surface area contributed by atoms with Gasteiger partial charge in [-0.1, -0.05) is 18.2 Å². The van der Waals surface area contributed by atoms with E-state index in [0.717, 1.165) is 12.1 Å². The van der Waals surface area contributed by atoms with Gasteiger partial charge in [-0.05, 0) is 24.5 Å². The molecule has 0 atom stereocenters. The third-order valence-corrected chi connectivity index (χ3v) is 4.35. The highest BCUT2D eigenvalue weighted by atomic mass is 19.4. The number of benzene rings is 1. The molecule has 1 aromatic rings. The van der Waals surface area contributed by atoms with Crippen LogP contribution in [0.25, 0.3) is 0 Å². The largest absolute Gasteiger partial charge is 0.465 e. The number of hydrogen-bond donors (Lipinski definition) is 1. The molecule has 0 aromatic heterocycles. The molecule has 0 bridgehead atoms. The minimum atomic E-state index is -4.47. The zero-order valence-corrected chi connectivity index (χ0v) is 13.1. The van der Waals surface area contributed by atoms with Crippen molar-refractivity contribution in [1.29, 1.82) is 0 Å². The number of likely N-dealkylation sites (tertiary alicyclic amines) is 1. The standard InChI is InChI=1S/C16H18F3NO4/c1-11(21)24-10-15(5-7-20(8-6-15)14(22)23)12-3-2-4-13(9-12)16(17,18)19/h2-4,9H,5-8,10H2,1H3,(H,22,23). The first kappa shape index (κ1) is 18.1. The number of hydrogen-bond acceptors (Lipinski definition) is 3. The van der Waals surface area contributed by atoms with Crippen molar-refractivity contribution in [2.45, 2.75) is 31.4 Å². The van der Waals surface area contributed by atoms with Gasteiger partial charge in [-0.25, -0.2) is 4.79 Å². The molecule has 5 nitrogen and oxygen atoms in total. The average molecular weight is 345 g/mol. The molecule has 0 unspecified atom stereocenters. The van der Waals surface area contributed by atoms with Crippen LogP contribution >= 0.6 is 0 Å². The van der Waals surface area contributed by atoms with Gasteiger partial charge in [0, 0.05) is 25.4 Å². The third-order valence-electron chi connectivity index (χ3n) is 4.35. The summed E-state index contributed by atoms with van der Waals surface area (Å²) in [5.74, 6) is -0.526. The molecule has 2 rings (SSSR count). The molecule has 24 heavy (non-hydrogen) atoms. The van der Waals surface area contributed by atoms with Gasteiger partial charge in [0.25, 0.3) is 0 Å². The summed E-state index contributed by atoms with van der Waals surface area (Å²) in [6.07, 6.45) is -4.97. The van der Waals surface area contributed by atoms with Crippen LogP contribution in [-0.2, 0) is 21.1 Å². The molecule has 1 saturated heterocycles. The van der Waals surface area contributed by atoms with Gasteiger partial charge in [-0.3, -0.25) is 4.79 Å². The molecular weight excluding hydrogens is 327 g/mol. The fraction of sp³-hybridized carbons (Fsp3) is 0.500. The maximum absolute atomic E-state index is 13.0. The van der Waals surface area contributed by atoms with E-state index in [4.69, 9.17) is 9.84 Å². The van der Waals surface area contributed by atoms with Gasteiger partial charge in [0.1, 0.15) is 6.61 Å². The summed E-state index contributed by atoms with van der Waals surface area (Å²) in [4.78, 5) is 23.4. The summed E-state index contributed by atoms with van der Waals surface area (Å²) in [5.41, 5.74) is -1.19. The summed E-state index contributed by atoms with van der Waals surface area (Å²) in [6.45, 7) is 1.50. The number of carbonyl (C=O) groups is 2. The first-order valence-corrected chi connectivity index (χ1v) is 7.43. The molecule has 0 aliphatic carbocycles. The Morgan fingerprint density at radius 3 is 2.42 bits per heavy atom. The second-order valence-corrected chi connectivity index (χ2v) is 5.91. The average Bonchev–Trinajstić information content (AvgIpc) is 2.52. The molecule has 1 aliphatic rings. The first-order valence-electron chi connectivity index (χ1n) is 7.43. The number of alkyl halides is 3. The van der Waals surface area contributed by atoms with Crippen LogP contribution in [0.3, 0.4) is 0 Å². The van der Waals surface area contributed by atoms with Crippen molar-refractivity contribution in [3.05, 3.63) is 35.4 Å². The number of carboxylic acid groups (broad SMARTS) is 1. The van der Waals surface area contributed by atoms with Gasteiger partial charge >= 0.3 is 18.2 Å². The summed E-state index contributed by atoms with van der Waals surface area (Å²) in [7, 11) is 0. The van der Waals surface area contributed by atoms with E-state index in [1.807, 2.05) is 0 Å². The minimum absolute atomic E-state index is 0.0723. The van der Waals surface area contributed by atoms with Crippen LogP contribution in [0.2, 0.25) is 0 Å². The Hall–Kier alpha value is -2.25. The molecular formula is C16H18F3NO4. The number of nitrogens with zero attached hydrogens (tertiary/aromatic N) is 1. The predicted octanol–water partition coefficient (Wildman–Crippen LogP) is 3.28. The van der Waals surface area contributed by atoms with E-state index in [1.54, 1.807) is 6.07 Å². The van der Waals surface area contributed by atoms with E-state index < -0.39 is 29.2 Å². The van der Waals surface area contributed by atoms with Crippen molar-refractivity contribution in [1.82, 2.24) is 4.90 Å². The van der Waals surface area contributed by atoms with Gasteiger partial charge in [-0.2, -0.15) is 13.2 Å². The van der Waals surface area contributed by atoms with Gasteiger partial charge in [0.05, 0.1) is 5.56 Å². The highest BCUT2D eigenvalue weighted by Crippen LogP contribution is 2.39. The second-order valence-electron chi connectivity index (χ2n) is 5.91. The number of piperidine rings is 1. The van der Waals surface area contributed by atoms with Crippen molar-refractivity contribution >= 4 is 12.1 Å². The van der Waals surface area contributed by atoms with Crippen molar-refractivity contribution in [2.75, 3.05) is 19.7 Å². The Balaban J connectivity index is 2.33. The summed E-state index contributed by atoms with van der Waals surface area (Å²) >= 11 is 0. The monoisotopic (exact) mass is 345 g/mol. The Bertz CT molecular complexity index is 622. The number of rotatable bonds is 3. The van der Waals surface area contributed by atoms with E-state index in [0.29, 0.717) is 5.56 Å². The van der Waals surface area contributed by atoms with Gasteiger partial charge < -0.3 is 14.7 Å². The molecule has 132 valence electrons. The molecule has 1 amide bonds. The lowest BCUT2D eigenvalue weighted by atomic mass is 9.73. The Kier molecular flexibility index (Phi) is 5.05. The molecule has 1 aliphatic heterocycles. The van der Waals surface area contributed by atoms with E-state index in [-0.39, 0.29) is 32.5 Å². The quantitative estimate of drug-likeness (QED) is 0.854. The molecule has 1 aromatic carbocycles. The molecule has 1 heterocycles. The Labute approximate surface area is 137 Å². The van der Waals surface area contributed by atoms with E-state index >= 15 is 0 Å². The summed E-state index contributed by atoms with van der Waals surface area (Å²) < 4.78 is 44.0. The number of esters is 1. The van der Waals surface area contributed by atoms with Crippen molar-refractivity contribution in [2.24, 2.45) is 0 Å². The topological polar surface area (TPSA) is 66.8 Å². The maximum atomic E-state index is 13.0. The highest BCUT2D eigenvalue weighted by Gasteiger charge is 2.40. The van der Waals surface area contributed by atoms with Crippen LogP contribution in [0.15, 0.2) is 24.3 Å². The van der Waals surface area contributed by atoms with Crippen LogP contribution in [0.5, 0.6) is 0 Å². The zero-order chi connectivity index (χ0) is 18.0. The van der Waals surface area contributed by atoms with Crippen molar-refractivity contribution < 1.29 is 32.6 Å². The van der Waals surface area contributed by atoms with E-state index in [1.165, 1.54) is 17.9 Å². The fourth-order valence-electron chi connectivity index (χ4n) is 2.91. The lowest BCUT2D eigenvalue weighted by molar-refractivity contribution is -0.144. The van der Waals surface area contributed by atoms with Gasteiger partial charge in [0.2, 0.25) is 0 Å². The number of amides is 1. The Morgan fingerprint density at radius 2 is 1.92 bits per heavy atom. The Morgan fingerprint density at radius 1 is 1.29 bits per heavy atom. The number of carbonyl (C=O) groups excluding carboxylic acids is 1. The lowest BCUT2D eigenvalue weighted by Gasteiger charge is -2.41. The molecule has 0 spiro atoms. The zero-order valence-electron chi connectivity index (χ0n) is 13.1. The van der Waals surface area contributed by atoms with Crippen molar-refractivity contribution in [3.63, 3.8) is 0 Å². The lowest BCUT2D eigenvalue weighted by Crippen LogP contribution is -2.47. The number of halogens is 3. The molecule has 0 radical (unpaired) electrons. The molecule has 0 saturated carbocycles. The molecule has 8 heteroatoms. The van der Waals surface area contributed by atoms with Crippen LogP contribution in [0.1, 0.15) is 30.9 Å². The smallest absolute Gasteiger partial charge is 0.416 e.